The van der Waals surface area contributed by atoms with Crippen molar-refractivity contribution in [2.45, 2.75) is 6.61 Å². The smallest absolute Gasteiger partial charge is 0.156 e. The van der Waals surface area contributed by atoms with Gasteiger partial charge in [-0.25, -0.2) is 9.37 Å². The van der Waals surface area contributed by atoms with Gasteiger partial charge < -0.3 is 10.1 Å². The second-order valence-electron chi connectivity index (χ2n) is 5.24. The highest BCUT2D eigenvalue weighted by Gasteiger charge is 2.13. The van der Waals surface area contributed by atoms with Crippen LogP contribution in [-0.4, -0.2) is 25.3 Å². The van der Waals surface area contributed by atoms with Crippen molar-refractivity contribution in [3.8, 4) is 22.8 Å². The molecule has 0 saturated heterocycles. The molecule has 0 aliphatic heterocycles. The van der Waals surface area contributed by atoms with Crippen molar-refractivity contribution in [3.05, 3.63) is 59.9 Å². The van der Waals surface area contributed by atoms with E-state index in [2.05, 4.69) is 20.2 Å². The van der Waals surface area contributed by atoms with Gasteiger partial charge in [0.15, 0.2) is 5.82 Å². The second-order valence-corrected chi connectivity index (χ2v) is 5.24. The number of imidazole rings is 1. The lowest BCUT2D eigenvalue weighted by Gasteiger charge is -2.01. The molecule has 2 aromatic heterocycles. The number of rotatable bonds is 3. The van der Waals surface area contributed by atoms with Gasteiger partial charge in [-0.15, -0.1) is 0 Å². The summed E-state index contributed by atoms with van der Waals surface area (Å²) in [6, 6.07) is 14.0. The first-order valence-corrected chi connectivity index (χ1v) is 7.15. The largest absolute Gasteiger partial charge is 0.392 e. The molecular formula is C17H13FN4O. The number of H-pyrrole nitrogens is 2. The Morgan fingerprint density at radius 1 is 1.09 bits per heavy atom. The summed E-state index contributed by atoms with van der Waals surface area (Å²) in [6.07, 6.45) is 0. The van der Waals surface area contributed by atoms with E-state index in [0.29, 0.717) is 28.3 Å². The van der Waals surface area contributed by atoms with E-state index in [9.17, 15) is 4.39 Å². The number of benzene rings is 2. The van der Waals surface area contributed by atoms with E-state index in [1.165, 1.54) is 6.07 Å². The van der Waals surface area contributed by atoms with Crippen molar-refractivity contribution in [2.75, 3.05) is 0 Å². The number of aromatic amines is 2. The molecule has 0 amide bonds. The lowest BCUT2D eigenvalue weighted by atomic mass is 10.1. The average Bonchev–Trinajstić information content (AvgIpc) is 3.21. The molecule has 0 radical (unpaired) electrons. The molecule has 0 unspecified atom stereocenters. The summed E-state index contributed by atoms with van der Waals surface area (Å²) in [5.41, 5.74) is 3.86. The van der Waals surface area contributed by atoms with Gasteiger partial charge in [0.25, 0.3) is 0 Å². The zero-order valence-electron chi connectivity index (χ0n) is 12.0. The molecule has 0 aliphatic carbocycles. The first-order chi connectivity index (χ1) is 11.2. The van der Waals surface area contributed by atoms with E-state index in [4.69, 9.17) is 5.11 Å². The fraction of sp³-hybridized carbons (Fsp3) is 0.0588. The number of aliphatic hydroxyl groups excluding tert-OH is 1. The Balaban J connectivity index is 1.74. The molecule has 3 N–H and O–H groups in total. The number of hydrogen-bond acceptors (Lipinski definition) is 3. The lowest BCUT2D eigenvalue weighted by molar-refractivity contribution is 0.281. The maximum atomic E-state index is 14.1. The number of aromatic nitrogens is 4. The number of halogens is 1. The zero-order chi connectivity index (χ0) is 15.8. The lowest BCUT2D eigenvalue weighted by Crippen LogP contribution is -1.89. The Morgan fingerprint density at radius 3 is 2.74 bits per heavy atom. The van der Waals surface area contributed by atoms with Crippen LogP contribution in [0.5, 0.6) is 0 Å². The molecule has 4 rings (SSSR count). The van der Waals surface area contributed by atoms with Crippen molar-refractivity contribution in [1.29, 1.82) is 0 Å². The maximum Gasteiger partial charge on any atom is 0.156 e. The maximum absolute atomic E-state index is 14.1. The third kappa shape index (κ3) is 2.39. The minimum absolute atomic E-state index is 0.192. The van der Waals surface area contributed by atoms with Crippen LogP contribution in [0.25, 0.3) is 33.8 Å². The molecule has 0 aliphatic rings. The highest BCUT2D eigenvalue weighted by molar-refractivity contribution is 5.79. The van der Waals surface area contributed by atoms with Gasteiger partial charge in [-0.2, -0.15) is 5.10 Å². The van der Waals surface area contributed by atoms with Crippen LogP contribution in [0.15, 0.2) is 48.5 Å². The van der Waals surface area contributed by atoms with E-state index in [-0.39, 0.29) is 6.61 Å². The quantitative estimate of drug-likeness (QED) is 0.543. The van der Waals surface area contributed by atoms with Gasteiger partial charge in [0.05, 0.1) is 23.3 Å². The van der Waals surface area contributed by atoms with Gasteiger partial charge in [-0.3, -0.25) is 5.10 Å². The number of hydrogen-bond donors (Lipinski definition) is 3. The standard InChI is InChI=1S/C17H13FN4O/c18-12-7-10(9-23)5-6-11(12)15-8-16(22-21-15)17-19-13-3-1-2-4-14(13)20-17/h1-8,23H,9H2,(H,19,20)(H,21,22). The number of nitrogens with zero attached hydrogens (tertiary/aromatic N) is 2. The van der Waals surface area contributed by atoms with Gasteiger partial charge in [0, 0.05) is 5.56 Å². The summed E-state index contributed by atoms with van der Waals surface area (Å²) < 4.78 is 14.1. The Kier molecular flexibility index (Phi) is 3.17. The van der Waals surface area contributed by atoms with Gasteiger partial charge in [-0.05, 0) is 35.9 Å². The Bertz CT molecular complexity index is 956. The molecule has 0 atom stereocenters. The molecule has 0 saturated carbocycles. The molecule has 5 nitrogen and oxygen atoms in total. The van der Waals surface area contributed by atoms with E-state index in [0.717, 1.165) is 11.0 Å². The van der Waals surface area contributed by atoms with Gasteiger partial charge >= 0.3 is 0 Å². The summed E-state index contributed by atoms with van der Waals surface area (Å²) in [7, 11) is 0. The second kappa shape index (κ2) is 5.33. The van der Waals surface area contributed by atoms with Crippen LogP contribution in [0.1, 0.15) is 5.56 Å². The first kappa shape index (κ1) is 13.7. The third-order valence-corrected chi connectivity index (χ3v) is 3.71. The van der Waals surface area contributed by atoms with Crippen molar-refractivity contribution in [3.63, 3.8) is 0 Å². The topological polar surface area (TPSA) is 77.6 Å². The molecule has 2 heterocycles. The van der Waals surface area contributed by atoms with Crippen molar-refractivity contribution < 1.29 is 9.50 Å². The first-order valence-electron chi connectivity index (χ1n) is 7.15. The van der Waals surface area contributed by atoms with Crippen molar-refractivity contribution in [1.82, 2.24) is 20.2 Å². The molecule has 4 aromatic rings. The predicted molar refractivity (Wildman–Crippen MR) is 85.0 cm³/mol. The molecule has 2 aromatic carbocycles. The SMILES string of the molecule is OCc1ccc(-c2cc(-c3nc4ccccc4[nH]3)[nH]n2)c(F)c1. The van der Waals surface area contributed by atoms with Gasteiger partial charge in [0.1, 0.15) is 11.5 Å². The molecule has 6 heteroatoms. The van der Waals surface area contributed by atoms with Crippen molar-refractivity contribution in [2.24, 2.45) is 0 Å². The summed E-state index contributed by atoms with van der Waals surface area (Å²) in [6.45, 7) is -0.192. The van der Waals surface area contributed by atoms with Crippen LogP contribution in [0.4, 0.5) is 4.39 Å². The number of aliphatic hydroxyl groups is 1. The molecular weight excluding hydrogens is 295 g/mol. The predicted octanol–water partition coefficient (Wildman–Crippen LogP) is 3.25. The molecule has 0 fully saturated rings. The summed E-state index contributed by atoms with van der Waals surface area (Å²) in [4.78, 5) is 7.69. The normalized spacial score (nSPS) is 11.2. The highest BCUT2D eigenvalue weighted by atomic mass is 19.1. The average molecular weight is 308 g/mol. The Morgan fingerprint density at radius 2 is 1.96 bits per heavy atom. The fourth-order valence-electron chi connectivity index (χ4n) is 2.53. The molecule has 0 bridgehead atoms. The van der Waals surface area contributed by atoms with Crippen LogP contribution in [0.3, 0.4) is 0 Å². The summed E-state index contributed by atoms with van der Waals surface area (Å²) in [5.74, 6) is 0.233. The van der Waals surface area contributed by atoms with Crippen LogP contribution >= 0.6 is 0 Å². The highest BCUT2D eigenvalue weighted by Crippen LogP contribution is 2.26. The van der Waals surface area contributed by atoms with E-state index < -0.39 is 5.82 Å². The molecule has 114 valence electrons. The summed E-state index contributed by atoms with van der Waals surface area (Å²) in [5, 5.41) is 16.1. The van der Waals surface area contributed by atoms with Gasteiger partial charge in [-0.1, -0.05) is 18.2 Å². The van der Waals surface area contributed by atoms with Crippen LogP contribution in [0.2, 0.25) is 0 Å². The molecule has 23 heavy (non-hydrogen) atoms. The fourth-order valence-corrected chi connectivity index (χ4v) is 2.53. The van der Waals surface area contributed by atoms with Crippen molar-refractivity contribution >= 4 is 11.0 Å². The zero-order valence-corrected chi connectivity index (χ0v) is 12.0. The third-order valence-electron chi connectivity index (χ3n) is 3.71. The molecule has 0 spiro atoms. The monoisotopic (exact) mass is 308 g/mol. The van der Waals surface area contributed by atoms with E-state index >= 15 is 0 Å². The number of fused-ring (bicyclic) bond motifs is 1. The van der Waals surface area contributed by atoms with Gasteiger partial charge in [0.2, 0.25) is 0 Å². The number of para-hydroxylation sites is 2. The Hall–Kier alpha value is -2.99. The van der Waals surface area contributed by atoms with Crippen LogP contribution in [-0.2, 0) is 6.61 Å². The number of nitrogens with one attached hydrogen (secondary N) is 2. The van der Waals surface area contributed by atoms with Crippen LogP contribution < -0.4 is 0 Å². The minimum Gasteiger partial charge on any atom is -0.392 e. The van der Waals surface area contributed by atoms with E-state index in [1.54, 1.807) is 18.2 Å². The van der Waals surface area contributed by atoms with Crippen LogP contribution in [0, 0.1) is 5.82 Å². The Labute approximate surface area is 130 Å². The minimum atomic E-state index is -0.417. The summed E-state index contributed by atoms with van der Waals surface area (Å²) >= 11 is 0. The van der Waals surface area contributed by atoms with E-state index in [1.807, 2.05) is 24.3 Å².